The lowest BCUT2D eigenvalue weighted by Crippen LogP contribution is -2.49. The van der Waals surface area contributed by atoms with Crippen molar-refractivity contribution in [2.75, 3.05) is 23.4 Å². The zero-order valence-electron chi connectivity index (χ0n) is 20.3. The van der Waals surface area contributed by atoms with Crippen LogP contribution in [0, 0.1) is 12.3 Å². The molecule has 0 spiro atoms. The maximum absolute atomic E-state index is 13.1. The summed E-state index contributed by atoms with van der Waals surface area (Å²) in [6.45, 7) is 5.74. The van der Waals surface area contributed by atoms with E-state index in [4.69, 9.17) is 15.9 Å². The Balaban J connectivity index is 1.71. The van der Waals surface area contributed by atoms with Crippen molar-refractivity contribution in [2.24, 2.45) is 5.73 Å². The summed E-state index contributed by atoms with van der Waals surface area (Å²) >= 11 is 0. The number of rotatable bonds is 8. The first kappa shape index (κ1) is 25.6. The summed E-state index contributed by atoms with van der Waals surface area (Å²) in [4.78, 5) is 38.6. The normalized spacial score (nSPS) is 16.5. The smallest absolute Gasteiger partial charge is 0.257 e. The minimum absolute atomic E-state index is 0.0456. The number of hydrogen-bond donors (Lipinski definition) is 3. The van der Waals surface area contributed by atoms with Crippen molar-refractivity contribution >= 4 is 53.9 Å². The monoisotopic (exact) mass is 476 g/mol. The van der Waals surface area contributed by atoms with Crippen LogP contribution in [0.4, 0.5) is 11.5 Å². The highest BCUT2D eigenvalue weighted by Crippen LogP contribution is 2.23. The second-order valence-corrected chi connectivity index (χ2v) is 8.26. The highest BCUT2D eigenvalue weighted by molar-refractivity contribution is 6.37. The van der Waals surface area contributed by atoms with Crippen LogP contribution in [0.5, 0.6) is 0 Å². The summed E-state index contributed by atoms with van der Waals surface area (Å²) < 4.78 is 7.26. The number of nitrogens with two attached hydrogens (primary N) is 1. The summed E-state index contributed by atoms with van der Waals surface area (Å²) in [7, 11) is 1.80. The van der Waals surface area contributed by atoms with Gasteiger partial charge >= 0.3 is 0 Å². The van der Waals surface area contributed by atoms with Gasteiger partial charge in [-0.25, -0.2) is 4.68 Å². The molecule has 1 aliphatic rings. The van der Waals surface area contributed by atoms with Gasteiger partial charge in [0.25, 0.3) is 5.91 Å². The van der Waals surface area contributed by atoms with E-state index in [0.717, 1.165) is 11.2 Å². The average Bonchev–Trinajstić information content (AvgIpc) is 3.16. The van der Waals surface area contributed by atoms with Gasteiger partial charge in [-0.05, 0) is 51.1 Å². The highest BCUT2D eigenvalue weighted by atomic mass is 16.5. The quantitative estimate of drug-likeness (QED) is 0.167. The number of nitrogen functional groups attached to an aromatic ring is 1. The second-order valence-electron chi connectivity index (χ2n) is 8.26. The minimum atomic E-state index is -0.939. The van der Waals surface area contributed by atoms with Gasteiger partial charge in [0.2, 0.25) is 5.91 Å². The molecular formula is C24H29BN6O4. The molecule has 2 aromatic rings. The van der Waals surface area contributed by atoms with Crippen molar-refractivity contribution in [1.82, 2.24) is 9.78 Å². The van der Waals surface area contributed by atoms with Gasteiger partial charge < -0.3 is 15.8 Å². The summed E-state index contributed by atoms with van der Waals surface area (Å²) in [6, 6.07) is 6.83. The van der Waals surface area contributed by atoms with E-state index < -0.39 is 6.10 Å². The standard InChI is InChI=1S/C24H29BN6O4/c1-4-17(7-5-15(3)32)31-14(2)11-21(29-31)30-9-10-35-20(24(30)34)13-22(33)28-16-6-8-18(23(26)27)19(25)12-16/h4-8,11-12,20H,9-10,13,25H2,1-3H3,(H3,26,27)(H,28,33)/b7-5-,17-4+. The first-order chi connectivity index (χ1) is 16.6. The first-order valence-electron chi connectivity index (χ1n) is 11.2. The number of allylic oxidation sites excluding steroid dienone is 4. The van der Waals surface area contributed by atoms with Gasteiger partial charge in [0.1, 0.15) is 19.8 Å². The molecule has 0 aliphatic carbocycles. The molecule has 1 aliphatic heterocycles. The van der Waals surface area contributed by atoms with Crippen molar-refractivity contribution in [3.8, 4) is 0 Å². The highest BCUT2D eigenvalue weighted by Gasteiger charge is 2.33. The van der Waals surface area contributed by atoms with Crippen LogP contribution in [0.25, 0.3) is 5.70 Å². The van der Waals surface area contributed by atoms with E-state index in [1.54, 1.807) is 42.9 Å². The van der Waals surface area contributed by atoms with E-state index in [1.807, 2.05) is 19.9 Å². The molecule has 1 saturated heterocycles. The van der Waals surface area contributed by atoms with Gasteiger partial charge in [-0.15, -0.1) is 5.10 Å². The number of aryl methyl sites for hydroxylation is 1. The third kappa shape index (κ3) is 6.13. The molecule has 1 fully saturated rings. The van der Waals surface area contributed by atoms with Crippen LogP contribution in [0.3, 0.4) is 0 Å². The number of aromatic nitrogens is 2. The molecule has 0 radical (unpaired) electrons. The average molecular weight is 476 g/mol. The fourth-order valence-corrected chi connectivity index (χ4v) is 3.78. The second kappa shape index (κ2) is 11.0. The zero-order chi connectivity index (χ0) is 25.7. The van der Waals surface area contributed by atoms with E-state index in [-0.39, 0.29) is 36.5 Å². The molecule has 3 rings (SSSR count). The molecule has 0 saturated carbocycles. The van der Waals surface area contributed by atoms with Gasteiger partial charge in [0.15, 0.2) is 11.6 Å². The molecule has 1 aromatic carbocycles. The van der Waals surface area contributed by atoms with Crippen molar-refractivity contribution in [1.29, 1.82) is 5.41 Å². The lowest BCUT2D eigenvalue weighted by molar-refractivity contribution is -0.138. The number of benzene rings is 1. The molecule has 1 atom stereocenters. The molecule has 0 bridgehead atoms. The largest absolute Gasteiger partial charge is 0.384 e. The number of nitrogens with one attached hydrogen (secondary N) is 2. The summed E-state index contributed by atoms with van der Waals surface area (Å²) in [5, 5.41) is 14.9. The number of anilines is 2. The van der Waals surface area contributed by atoms with Crippen molar-refractivity contribution in [3.05, 3.63) is 53.8 Å². The number of ketones is 1. The molecule has 2 heterocycles. The predicted molar refractivity (Wildman–Crippen MR) is 138 cm³/mol. The van der Waals surface area contributed by atoms with Gasteiger partial charge in [-0.3, -0.25) is 24.7 Å². The third-order valence-corrected chi connectivity index (χ3v) is 5.53. The Morgan fingerprint density at radius 1 is 1.34 bits per heavy atom. The lowest BCUT2D eigenvalue weighted by Gasteiger charge is -2.30. The Morgan fingerprint density at radius 2 is 2.09 bits per heavy atom. The Hall–Kier alpha value is -3.99. The van der Waals surface area contributed by atoms with E-state index in [0.29, 0.717) is 29.3 Å². The maximum atomic E-state index is 13.1. The molecule has 4 N–H and O–H groups in total. The van der Waals surface area contributed by atoms with E-state index >= 15 is 0 Å². The molecule has 10 nitrogen and oxygen atoms in total. The van der Waals surface area contributed by atoms with Crippen LogP contribution in [0.15, 0.2) is 42.5 Å². The molecule has 35 heavy (non-hydrogen) atoms. The number of ether oxygens (including phenoxy) is 1. The maximum Gasteiger partial charge on any atom is 0.257 e. The van der Waals surface area contributed by atoms with Crippen LogP contribution in [0.2, 0.25) is 0 Å². The SMILES string of the molecule is Bc1cc(NC(=O)CC2OCCN(c3cc(C)n(C(/C=C\C(C)=O)=C/C)n3)C2=O)ccc1C(=N)N. The zero-order valence-corrected chi connectivity index (χ0v) is 20.3. The number of hydrogen-bond acceptors (Lipinski definition) is 6. The number of morpholine rings is 1. The Labute approximate surface area is 204 Å². The van der Waals surface area contributed by atoms with Crippen LogP contribution >= 0.6 is 0 Å². The minimum Gasteiger partial charge on any atom is -0.384 e. The topological polar surface area (TPSA) is 143 Å². The number of nitrogens with zero attached hydrogens (tertiary/aromatic N) is 3. The first-order valence-corrected chi connectivity index (χ1v) is 11.2. The van der Waals surface area contributed by atoms with E-state index in [2.05, 4.69) is 10.4 Å². The van der Waals surface area contributed by atoms with Gasteiger partial charge in [0, 0.05) is 23.0 Å². The molecule has 1 aromatic heterocycles. The predicted octanol–water partition coefficient (Wildman–Crippen LogP) is 0.501. The molecular weight excluding hydrogens is 447 g/mol. The Bertz CT molecular complexity index is 1230. The van der Waals surface area contributed by atoms with Crippen molar-refractivity contribution < 1.29 is 19.1 Å². The molecule has 1 unspecified atom stereocenters. The fourth-order valence-electron chi connectivity index (χ4n) is 3.78. The Kier molecular flexibility index (Phi) is 8.03. The number of carbonyl (C=O) groups is 3. The van der Waals surface area contributed by atoms with E-state index in [9.17, 15) is 14.4 Å². The van der Waals surface area contributed by atoms with Crippen LogP contribution in [-0.2, 0) is 19.1 Å². The summed E-state index contributed by atoms with van der Waals surface area (Å²) in [6.07, 6.45) is 3.86. The number of amides is 2. The van der Waals surface area contributed by atoms with E-state index in [1.165, 1.54) is 17.9 Å². The molecule has 182 valence electrons. The number of carbonyl (C=O) groups excluding carboxylic acids is 3. The van der Waals surface area contributed by atoms with Gasteiger partial charge in [-0.1, -0.05) is 11.5 Å². The van der Waals surface area contributed by atoms with Crippen LogP contribution in [0.1, 0.15) is 31.5 Å². The summed E-state index contributed by atoms with van der Waals surface area (Å²) in [5.41, 5.74) is 8.93. The van der Waals surface area contributed by atoms with Crippen LogP contribution in [-0.4, -0.2) is 60.3 Å². The van der Waals surface area contributed by atoms with Crippen molar-refractivity contribution in [3.63, 3.8) is 0 Å². The summed E-state index contributed by atoms with van der Waals surface area (Å²) in [5.74, 6) is -0.389. The lowest BCUT2D eigenvalue weighted by atomic mass is 9.89. The fraction of sp³-hybridized carbons (Fsp3) is 0.292. The third-order valence-electron chi connectivity index (χ3n) is 5.53. The Morgan fingerprint density at radius 3 is 2.71 bits per heavy atom. The molecule has 11 heteroatoms. The van der Waals surface area contributed by atoms with Gasteiger partial charge in [-0.2, -0.15) is 0 Å². The van der Waals surface area contributed by atoms with Crippen molar-refractivity contribution in [2.45, 2.75) is 33.3 Å². The van der Waals surface area contributed by atoms with Crippen LogP contribution < -0.4 is 21.4 Å². The number of amidine groups is 1. The molecule has 2 amide bonds. The van der Waals surface area contributed by atoms with Gasteiger partial charge in [0.05, 0.1) is 25.3 Å².